The number of methoxy groups -OCH3 is 2. The normalized spacial score (nSPS) is 12.4. The van der Waals surface area contributed by atoms with Gasteiger partial charge in [0.15, 0.2) is 23.0 Å². The maximum absolute atomic E-state index is 12.4. The highest BCUT2D eigenvalue weighted by atomic mass is 79.9. The molecule has 0 spiro atoms. The van der Waals surface area contributed by atoms with Crippen LogP contribution >= 0.6 is 15.9 Å². The summed E-state index contributed by atoms with van der Waals surface area (Å²) in [6.07, 6.45) is 0.650. The Morgan fingerprint density at radius 1 is 1.08 bits per heavy atom. The maximum atomic E-state index is 12.4. The second-order valence-corrected chi connectivity index (χ2v) is 6.52. The van der Waals surface area contributed by atoms with E-state index in [1.807, 2.05) is 12.1 Å². The van der Waals surface area contributed by atoms with Crippen LogP contribution in [0.15, 0.2) is 34.8 Å². The Morgan fingerprint density at radius 2 is 1.77 bits per heavy atom. The largest absolute Gasteiger partial charge is 0.493 e. The summed E-state index contributed by atoms with van der Waals surface area (Å²) in [6, 6.07) is 8.95. The third-order valence-corrected chi connectivity index (χ3v) is 4.78. The molecule has 2 aromatic carbocycles. The molecule has 138 valence electrons. The molecule has 1 aliphatic rings. The number of carbonyl (C=O) groups excluding carboxylic acids is 1. The molecule has 1 heterocycles. The topological polar surface area (TPSA) is 66.0 Å². The molecule has 6 nitrogen and oxygen atoms in total. The lowest BCUT2D eigenvalue weighted by Gasteiger charge is -2.18. The first-order valence-corrected chi connectivity index (χ1v) is 9.00. The highest BCUT2D eigenvalue weighted by Crippen LogP contribution is 2.33. The predicted molar refractivity (Wildman–Crippen MR) is 101 cm³/mol. The Hall–Kier alpha value is -2.41. The number of rotatable bonds is 6. The summed E-state index contributed by atoms with van der Waals surface area (Å²) < 4.78 is 22.5. The van der Waals surface area contributed by atoms with Crippen molar-refractivity contribution in [3.05, 3.63) is 45.9 Å². The van der Waals surface area contributed by atoms with Crippen molar-refractivity contribution in [2.24, 2.45) is 0 Å². The van der Waals surface area contributed by atoms with E-state index < -0.39 is 0 Å². The zero-order valence-corrected chi connectivity index (χ0v) is 16.2. The van der Waals surface area contributed by atoms with Gasteiger partial charge in [0.25, 0.3) is 5.91 Å². The van der Waals surface area contributed by atoms with Crippen LogP contribution in [-0.4, -0.2) is 39.9 Å². The lowest BCUT2D eigenvalue weighted by molar-refractivity contribution is 0.0953. The molecule has 3 rings (SSSR count). The molecule has 1 aliphatic heterocycles. The second kappa shape index (κ2) is 8.31. The molecular formula is C19H20BrNO5. The number of halogens is 1. The van der Waals surface area contributed by atoms with Gasteiger partial charge in [-0.1, -0.05) is 15.9 Å². The number of nitrogens with one attached hydrogen (secondary N) is 1. The van der Waals surface area contributed by atoms with Crippen LogP contribution < -0.4 is 24.3 Å². The molecule has 2 aromatic rings. The molecule has 0 fully saturated rings. The van der Waals surface area contributed by atoms with Gasteiger partial charge < -0.3 is 24.3 Å². The molecule has 1 amide bonds. The van der Waals surface area contributed by atoms with Crippen LogP contribution in [0.5, 0.6) is 23.0 Å². The molecule has 0 bridgehead atoms. The van der Waals surface area contributed by atoms with Gasteiger partial charge in [-0.25, -0.2) is 0 Å². The third-order valence-electron chi connectivity index (χ3n) is 4.04. The van der Waals surface area contributed by atoms with Crippen molar-refractivity contribution in [1.29, 1.82) is 0 Å². The summed E-state index contributed by atoms with van der Waals surface area (Å²) in [5.74, 6) is 2.43. The first-order valence-electron chi connectivity index (χ1n) is 8.20. The van der Waals surface area contributed by atoms with Crippen LogP contribution in [0.4, 0.5) is 0 Å². The first kappa shape index (κ1) is 18.4. The Labute approximate surface area is 160 Å². The van der Waals surface area contributed by atoms with E-state index in [0.717, 1.165) is 10.0 Å². The van der Waals surface area contributed by atoms with Crippen LogP contribution in [0, 0.1) is 0 Å². The number of ether oxygens (including phenoxy) is 4. The Morgan fingerprint density at radius 3 is 2.50 bits per heavy atom. The van der Waals surface area contributed by atoms with E-state index in [1.165, 1.54) is 0 Å². The summed E-state index contributed by atoms with van der Waals surface area (Å²) in [4.78, 5) is 12.4. The molecule has 0 saturated heterocycles. The molecule has 0 radical (unpaired) electrons. The van der Waals surface area contributed by atoms with Crippen LogP contribution in [0.2, 0.25) is 0 Å². The van der Waals surface area contributed by atoms with Gasteiger partial charge in [-0.15, -0.1) is 0 Å². The second-order valence-electron chi connectivity index (χ2n) is 5.66. The smallest absolute Gasteiger partial charge is 0.251 e. The molecular weight excluding hydrogens is 402 g/mol. The van der Waals surface area contributed by atoms with Gasteiger partial charge in [-0.2, -0.15) is 0 Å². The molecule has 1 N–H and O–H groups in total. The molecule has 26 heavy (non-hydrogen) atoms. The molecule has 7 heteroatoms. The zero-order valence-electron chi connectivity index (χ0n) is 14.6. The minimum atomic E-state index is -0.154. The fourth-order valence-electron chi connectivity index (χ4n) is 2.69. The average Bonchev–Trinajstić information content (AvgIpc) is 2.68. The number of hydrogen-bond acceptors (Lipinski definition) is 5. The summed E-state index contributed by atoms with van der Waals surface area (Å²) in [6.45, 7) is 1.51. The van der Waals surface area contributed by atoms with Gasteiger partial charge in [0.05, 0.1) is 14.2 Å². The van der Waals surface area contributed by atoms with Crippen molar-refractivity contribution < 1.29 is 23.7 Å². The average molecular weight is 422 g/mol. The van der Waals surface area contributed by atoms with Crippen LogP contribution in [0.3, 0.4) is 0 Å². The maximum Gasteiger partial charge on any atom is 0.251 e. The minimum Gasteiger partial charge on any atom is -0.493 e. The lowest BCUT2D eigenvalue weighted by atomic mass is 10.1. The van der Waals surface area contributed by atoms with Crippen molar-refractivity contribution in [2.75, 3.05) is 34.0 Å². The number of amides is 1. The molecule has 0 aliphatic carbocycles. The summed E-state index contributed by atoms with van der Waals surface area (Å²) in [5.41, 5.74) is 1.56. The Balaban J connectivity index is 1.62. The number of benzene rings is 2. The number of carbonyl (C=O) groups is 1. The highest BCUT2D eigenvalue weighted by molar-refractivity contribution is 9.10. The summed E-state index contributed by atoms with van der Waals surface area (Å²) >= 11 is 3.53. The van der Waals surface area contributed by atoms with Crippen molar-refractivity contribution in [2.45, 2.75) is 6.42 Å². The van der Waals surface area contributed by atoms with Gasteiger partial charge in [-0.3, -0.25) is 4.79 Å². The minimum absolute atomic E-state index is 0.154. The monoisotopic (exact) mass is 421 g/mol. The van der Waals surface area contributed by atoms with Gasteiger partial charge >= 0.3 is 0 Å². The highest BCUT2D eigenvalue weighted by Gasteiger charge is 2.15. The quantitative estimate of drug-likeness (QED) is 0.775. The standard InChI is InChI=1S/C19H20BrNO5/c1-23-16-9-12(14(20)11-17(16)24-2)5-6-21-19(22)13-3-4-15-18(10-13)26-8-7-25-15/h3-4,9-11H,5-8H2,1-2H3,(H,21,22). The fourth-order valence-corrected chi connectivity index (χ4v) is 3.21. The number of hydrogen-bond donors (Lipinski definition) is 1. The number of fused-ring (bicyclic) bond motifs is 1. The molecule has 0 atom stereocenters. The van der Waals surface area contributed by atoms with Crippen molar-refractivity contribution >= 4 is 21.8 Å². The zero-order chi connectivity index (χ0) is 18.5. The van der Waals surface area contributed by atoms with E-state index in [0.29, 0.717) is 54.7 Å². The molecule has 0 aromatic heterocycles. The van der Waals surface area contributed by atoms with E-state index >= 15 is 0 Å². The van der Waals surface area contributed by atoms with Crippen molar-refractivity contribution in [3.63, 3.8) is 0 Å². The molecule has 0 saturated carbocycles. The third kappa shape index (κ3) is 4.04. The Bertz CT molecular complexity index is 809. The van der Waals surface area contributed by atoms with Gasteiger partial charge in [0, 0.05) is 16.6 Å². The lowest BCUT2D eigenvalue weighted by Crippen LogP contribution is -2.26. The van der Waals surface area contributed by atoms with Crippen molar-refractivity contribution in [1.82, 2.24) is 5.32 Å². The van der Waals surface area contributed by atoms with E-state index in [4.69, 9.17) is 18.9 Å². The van der Waals surface area contributed by atoms with E-state index in [2.05, 4.69) is 21.2 Å². The first-order chi connectivity index (χ1) is 12.6. The Kier molecular flexibility index (Phi) is 5.88. The molecule has 0 unspecified atom stereocenters. The predicted octanol–water partition coefficient (Wildman–Crippen LogP) is 3.21. The van der Waals surface area contributed by atoms with Crippen LogP contribution in [0.1, 0.15) is 15.9 Å². The van der Waals surface area contributed by atoms with E-state index in [1.54, 1.807) is 32.4 Å². The fraction of sp³-hybridized carbons (Fsp3) is 0.316. The van der Waals surface area contributed by atoms with Crippen LogP contribution in [0.25, 0.3) is 0 Å². The van der Waals surface area contributed by atoms with Gasteiger partial charge in [0.2, 0.25) is 0 Å². The van der Waals surface area contributed by atoms with Crippen LogP contribution in [-0.2, 0) is 6.42 Å². The summed E-state index contributed by atoms with van der Waals surface area (Å²) in [5, 5.41) is 2.92. The summed E-state index contributed by atoms with van der Waals surface area (Å²) in [7, 11) is 3.19. The van der Waals surface area contributed by atoms with Gasteiger partial charge in [0.1, 0.15) is 13.2 Å². The van der Waals surface area contributed by atoms with Gasteiger partial charge in [-0.05, 0) is 42.3 Å². The van der Waals surface area contributed by atoms with Crippen molar-refractivity contribution in [3.8, 4) is 23.0 Å². The van der Waals surface area contributed by atoms with E-state index in [-0.39, 0.29) is 5.91 Å². The SMILES string of the molecule is COc1cc(Br)c(CCNC(=O)c2ccc3c(c2)OCCO3)cc1OC. The van der Waals surface area contributed by atoms with E-state index in [9.17, 15) is 4.79 Å².